The summed E-state index contributed by atoms with van der Waals surface area (Å²) in [4.78, 5) is 12.4. The maximum atomic E-state index is 12.4. The number of hydrogen-bond donors (Lipinski definition) is 1. The van der Waals surface area contributed by atoms with E-state index in [9.17, 15) is 4.79 Å². The predicted molar refractivity (Wildman–Crippen MR) is 110 cm³/mol. The van der Waals surface area contributed by atoms with Gasteiger partial charge in [0, 0.05) is 22.6 Å². The standard InChI is InChI=1S/C24H21NO3/c1-14(2)15-8-10-19-21(12-15)28-22-13-16(25)9-11-20(22)23(19)17-6-4-5-7-18(17)24(26)27-3/h4-14,25H,1-3H3. The quantitative estimate of drug-likeness (QED) is 0.377. The highest BCUT2D eigenvalue weighted by atomic mass is 16.5. The topological polar surface area (TPSA) is 63.3 Å². The molecule has 0 atom stereocenters. The Morgan fingerprint density at radius 2 is 1.79 bits per heavy atom. The summed E-state index contributed by atoms with van der Waals surface area (Å²) >= 11 is 0. The average Bonchev–Trinajstić information content (AvgIpc) is 2.70. The van der Waals surface area contributed by atoms with Gasteiger partial charge in [-0.2, -0.15) is 0 Å². The maximum Gasteiger partial charge on any atom is 0.338 e. The molecule has 2 aromatic rings. The van der Waals surface area contributed by atoms with Crippen LogP contribution in [-0.4, -0.2) is 13.1 Å². The van der Waals surface area contributed by atoms with E-state index < -0.39 is 0 Å². The third-order valence-electron chi connectivity index (χ3n) is 5.01. The number of fused-ring (bicyclic) bond motifs is 2. The third-order valence-corrected chi connectivity index (χ3v) is 5.01. The Balaban J connectivity index is 2.15. The van der Waals surface area contributed by atoms with Crippen LogP contribution >= 0.6 is 0 Å². The van der Waals surface area contributed by atoms with Gasteiger partial charge in [-0.05, 0) is 41.3 Å². The molecule has 1 aliphatic heterocycles. The molecule has 0 fully saturated rings. The molecule has 1 aliphatic carbocycles. The molecule has 0 saturated carbocycles. The second-order valence-corrected chi connectivity index (χ2v) is 7.14. The van der Waals surface area contributed by atoms with Crippen LogP contribution in [0.2, 0.25) is 0 Å². The van der Waals surface area contributed by atoms with Crippen LogP contribution in [0.1, 0.15) is 35.7 Å². The van der Waals surface area contributed by atoms with Crippen molar-refractivity contribution in [1.29, 1.82) is 5.41 Å². The van der Waals surface area contributed by atoms with Crippen molar-refractivity contribution < 1.29 is 13.9 Å². The second kappa shape index (κ2) is 6.97. The minimum Gasteiger partial charge on any atom is -0.465 e. The number of benzene rings is 3. The molecule has 1 heterocycles. The van der Waals surface area contributed by atoms with Gasteiger partial charge < -0.3 is 14.6 Å². The Morgan fingerprint density at radius 3 is 2.54 bits per heavy atom. The zero-order valence-corrected chi connectivity index (χ0v) is 16.1. The minimum atomic E-state index is -0.381. The van der Waals surface area contributed by atoms with Crippen LogP contribution in [0, 0.1) is 5.41 Å². The molecule has 0 saturated heterocycles. The van der Waals surface area contributed by atoms with Crippen molar-refractivity contribution >= 4 is 16.9 Å². The number of carbonyl (C=O) groups excluding carboxylic acids is 1. The van der Waals surface area contributed by atoms with Gasteiger partial charge >= 0.3 is 5.97 Å². The van der Waals surface area contributed by atoms with Gasteiger partial charge in [0.05, 0.1) is 18.0 Å². The summed E-state index contributed by atoms with van der Waals surface area (Å²) in [6, 6.07) is 18.9. The van der Waals surface area contributed by atoms with Crippen molar-refractivity contribution in [2.24, 2.45) is 0 Å². The molecule has 0 amide bonds. The molecule has 0 radical (unpaired) electrons. The Morgan fingerprint density at radius 1 is 1.00 bits per heavy atom. The average molecular weight is 371 g/mol. The van der Waals surface area contributed by atoms with Gasteiger partial charge in [-0.3, -0.25) is 0 Å². The molecule has 140 valence electrons. The summed E-state index contributed by atoms with van der Waals surface area (Å²) in [5, 5.41) is 9.28. The molecule has 4 heteroatoms. The number of methoxy groups -OCH3 is 1. The fourth-order valence-corrected chi connectivity index (χ4v) is 3.55. The fraction of sp³-hybridized carbons (Fsp3) is 0.167. The van der Waals surface area contributed by atoms with Gasteiger partial charge in [0.1, 0.15) is 11.3 Å². The monoisotopic (exact) mass is 371 g/mol. The van der Waals surface area contributed by atoms with Crippen molar-refractivity contribution in [3.63, 3.8) is 0 Å². The van der Waals surface area contributed by atoms with E-state index in [1.165, 1.54) is 12.7 Å². The number of carbonyl (C=O) groups is 1. The smallest absolute Gasteiger partial charge is 0.338 e. The van der Waals surface area contributed by atoms with Gasteiger partial charge in [0.25, 0.3) is 0 Å². The van der Waals surface area contributed by atoms with Crippen LogP contribution in [0.15, 0.2) is 65.1 Å². The summed E-state index contributed by atoms with van der Waals surface area (Å²) in [5.41, 5.74) is 4.96. The fourth-order valence-electron chi connectivity index (χ4n) is 3.55. The van der Waals surface area contributed by atoms with E-state index in [4.69, 9.17) is 14.6 Å². The number of nitrogens with one attached hydrogen (secondary N) is 1. The van der Waals surface area contributed by atoms with Crippen LogP contribution in [0.3, 0.4) is 0 Å². The van der Waals surface area contributed by atoms with Crippen LogP contribution in [-0.2, 0) is 4.74 Å². The van der Waals surface area contributed by atoms with E-state index in [0.717, 1.165) is 27.7 Å². The van der Waals surface area contributed by atoms with Gasteiger partial charge in [0.2, 0.25) is 0 Å². The lowest BCUT2D eigenvalue weighted by Crippen LogP contribution is -2.05. The number of rotatable bonds is 3. The zero-order valence-electron chi connectivity index (χ0n) is 16.1. The molecule has 4 rings (SSSR count). The number of hydrogen-bond acceptors (Lipinski definition) is 4. The first-order chi connectivity index (χ1) is 13.5. The van der Waals surface area contributed by atoms with E-state index in [-0.39, 0.29) is 5.97 Å². The molecule has 4 nitrogen and oxygen atoms in total. The Hall–Kier alpha value is -3.40. The SMILES string of the molecule is COC(=O)c1ccccc1-c1c2ccc(=N)cc-2oc2cc(C(C)C)ccc12. The van der Waals surface area contributed by atoms with Crippen molar-refractivity contribution in [2.75, 3.05) is 7.11 Å². The summed E-state index contributed by atoms with van der Waals surface area (Å²) in [6.45, 7) is 4.27. The van der Waals surface area contributed by atoms with E-state index in [1.54, 1.807) is 18.2 Å². The lowest BCUT2D eigenvalue weighted by molar-refractivity contribution is 0.0601. The molecule has 0 aromatic heterocycles. The highest BCUT2D eigenvalue weighted by Crippen LogP contribution is 2.41. The molecule has 0 spiro atoms. The van der Waals surface area contributed by atoms with Crippen molar-refractivity contribution in [1.82, 2.24) is 0 Å². The molecule has 0 unspecified atom stereocenters. The number of ether oxygens (including phenoxy) is 1. The lowest BCUT2D eigenvalue weighted by atomic mass is 9.90. The normalized spacial score (nSPS) is 11.3. The van der Waals surface area contributed by atoms with Crippen LogP contribution in [0.4, 0.5) is 0 Å². The molecule has 2 aromatic carbocycles. The van der Waals surface area contributed by atoms with Crippen molar-refractivity contribution in [3.8, 4) is 22.5 Å². The largest absolute Gasteiger partial charge is 0.465 e. The highest BCUT2D eigenvalue weighted by Gasteiger charge is 2.21. The van der Waals surface area contributed by atoms with E-state index in [2.05, 4.69) is 19.9 Å². The van der Waals surface area contributed by atoms with E-state index in [1.807, 2.05) is 36.4 Å². The Bertz CT molecular complexity index is 1220. The van der Waals surface area contributed by atoms with Gasteiger partial charge in [0.15, 0.2) is 0 Å². The molecular formula is C24H21NO3. The first-order valence-corrected chi connectivity index (χ1v) is 9.22. The molecule has 28 heavy (non-hydrogen) atoms. The zero-order chi connectivity index (χ0) is 19.8. The number of esters is 1. The minimum absolute atomic E-state index is 0.364. The predicted octanol–water partition coefficient (Wildman–Crippen LogP) is 5.59. The summed E-state index contributed by atoms with van der Waals surface area (Å²) < 4.78 is 11.2. The Labute approximate surface area is 163 Å². The van der Waals surface area contributed by atoms with Gasteiger partial charge in [-0.25, -0.2) is 4.79 Å². The molecule has 0 bridgehead atoms. The van der Waals surface area contributed by atoms with Gasteiger partial charge in [-0.15, -0.1) is 0 Å². The summed E-state index contributed by atoms with van der Waals surface area (Å²) in [7, 11) is 1.39. The molecular weight excluding hydrogens is 350 g/mol. The van der Waals surface area contributed by atoms with Crippen LogP contribution in [0.5, 0.6) is 0 Å². The first kappa shape index (κ1) is 18.0. The van der Waals surface area contributed by atoms with Gasteiger partial charge in [-0.1, -0.05) is 44.2 Å². The van der Waals surface area contributed by atoms with Crippen LogP contribution < -0.4 is 5.36 Å². The summed E-state index contributed by atoms with van der Waals surface area (Å²) in [6.07, 6.45) is 0. The van der Waals surface area contributed by atoms with Crippen molar-refractivity contribution in [2.45, 2.75) is 19.8 Å². The second-order valence-electron chi connectivity index (χ2n) is 7.14. The summed E-state index contributed by atoms with van der Waals surface area (Å²) in [5.74, 6) is 0.604. The van der Waals surface area contributed by atoms with E-state index in [0.29, 0.717) is 22.6 Å². The highest BCUT2D eigenvalue weighted by molar-refractivity contribution is 6.07. The van der Waals surface area contributed by atoms with Crippen LogP contribution in [0.25, 0.3) is 33.4 Å². The molecule has 1 N–H and O–H groups in total. The van der Waals surface area contributed by atoms with Crippen molar-refractivity contribution in [3.05, 3.63) is 77.1 Å². The maximum absolute atomic E-state index is 12.4. The third kappa shape index (κ3) is 2.97. The first-order valence-electron chi connectivity index (χ1n) is 9.22. The molecule has 2 aliphatic rings. The Kier molecular flexibility index (Phi) is 4.47. The lowest BCUT2D eigenvalue weighted by Gasteiger charge is -2.18. The van der Waals surface area contributed by atoms with E-state index >= 15 is 0 Å².